The first-order chi connectivity index (χ1) is 5.24. The second-order valence-electron chi connectivity index (χ2n) is 3.42. The van der Waals surface area contributed by atoms with Crippen molar-refractivity contribution in [3.63, 3.8) is 0 Å². The molecule has 2 nitrogen and oxygen atoms in total. The molecule has 0 radical (unpaired) electrons. The largest absolute Gasteiger partial charge is 0.327 e. The van der Waals surface area contributed by atoms with Crippen LogP contribution in [-0.2, 0) is 0 Å². The lowest BCUT2D eigenvalue weighted by atomic mass is 10.2. The highest BCUT2D eigenvalue weighted by atomic mass is 15.2. The normalized spacial score (nSPS) is 25.8. The predicted octanol–water partition coefficient (Wildman–Crippen LogP) is 0.986. The van der Waals surface area contributed by atoms with Gasteiger partial charge < -0.3 is 5.73 Å². The third-order valence-electron chi connectivity index (χ3n) is 2.41. The smallest absolute Gasteiger partial charge is 0.0205 e. The van der Waals surface area contributed by atoms with E-state index in [1.54, 1.807) is 0 Å². The fourth-order valence-corrected chi connectivity index (χ4v) is 1.58. The molecule has 0 amide bonds. The quantitative estimate of drug-likeness (QED) is 0.614. The van der Waals surface area contributed by atoms with Crippen molar-refractivity contribution in [3.8, 4) is 0 Å². The van der Waals surface area contributed by atoms with Gasteiger partial charge >= 0.3 is 0 Å². The Labute approximate surface area is 69.1 Å². The van der Waals surface area contributed by atoms with E-state index in [1.165, 1.54) is 19.4 Å². The summed E-state index contributed by atoms with van der Waals surface area (Å²) in [5.74, 6) is 0. The van der Waals surface area contributed by atoms with Crippen LogP contribution in [0.25, 0.3) is 0 Å². The average Bonchev–Trinajstić information content (AvgIpc) is 2.37. The molecule has 1 aliphatic heterocycles. The molecule has 0 bridgehead atoms. The van der Waals surface area contributed by atoms with Gasteiger partial charge in [-0.05, 0) is 31.9 Å². The van der Waals surface area contributed by atoms with Gasteiger partial charge in [-0.3, -0.25) is 4.90 Å². The molecule has 11 heavy (non-hydrogen) atoms. The Kier molecular flexibility index (Phi) is 3.09. The van der Waals surface area contributed by atoms with Crippen LogP contribution in [-0.4, -0.2) is 30.6 Å². The van der Waals surface area contributed by atoms with E-state index in [-0.39, 0.29) is 0 Å². The summed E-state index contributed by atoms with van der Waals surface area (Å²) >= 11 is 0. The Balaban J connectivity index is 2.30. The number of rotatable bonds is 3. The van der Waals surface area contributed by atoms with Crippen LogP contribution in [0.5, 0.6) is 0 Å². The highest BCUT2D eigenvalue weighted by molar-refractivity contribution is 5.00. The molecule has 0 saturated carbocycles. The third-order valence-corrected chi connectivity index (χ3v) is 2.41. The van der Waals surface area contributed by atoms with Gasteiger partial charge in [0.1, 0.15) is 0 Å². The molecule has 0 aromatic heterocycles. The van der Waals surface area contributed by atoms with Gasteiger partial charge in [0.2, 0.25) is 0 Å². The van der Waals surface area contributed by atoms with E-state index in [0.29, 0.717) is 6.54 Å². The van der Waals surface area contributed by atoms with Crippen molar-refractivity contribution in [1.82, 2.24) is 4.90 Å². The van der Waals surface area contributed by atoms with E-state index in [0.717, 1.165) is 18.2 Å². The van der Waals surface area contributed by atoms with Crippen LogP contribution < -0.4 is 5.73 Å². The monoisotopic (exact) mass is 154 g/mol. The van der Waals surface area contributed by atoms with Crippen molar-refractivity contribution in [2.24, 2.45) is 5.73 Å². The van der Waals surface area contributed by atoms with Crippen LogP contribution in [0.2, 0.25) is 0 Å². The Morgan fingerprint density at radius 3 is 2.91 bits per heavy atom. The first-order valence-corrected chi connectivity index (χ1v) is 4.35. The fraction of sp³-hybridized carbons (Fsp3) is 0.778. The van der Waals surface area contributed by atoms with Crippen molar-refractivity contribution >= 4 is 0 Å². The zero-order valence-electron chi connectivity index (χ0n) is 7.34. The van der Waals surface area contributed by atoms with Crippen LogP contribution >= 0.6 is 0 Å². The van der Waals surface area contributed by atoms with Gasteiger partial charge in [-0.1, -0.05) is 6.58 Å². The standard InChI is InChI=1S/C9H18N2/c1-8(6-10)7-11-5-3-4-9(11)2/h9H,1,3-7,10H2,2H3. The lowest BCUT2D eigenvalue weighted by Gasteiger charge is -2.21. The number of nitrogens with zero attached hydrogens (tertiary/aromatic N) is 1. The number of nitrogens with two attached hydrogens (primary N) is 1. The molecule has 1 atom stereocenters. The molecular formula is C9H18N2. The van der Waals surface area contributed by atoms with E-state index in [9.17, 15) is 0 Å². The topological polar surface area (TPSA) is 29.3 Å². The summed E-state index contributed by atoms with van der Waals surface area (Å²) in [6, 6.07) is 0.735. The maximum Gasteiger partial charge on any atom is 0.0205 e. The van der Waals surface area contributed by atoms with Crippen LogP contribution in [0.15, 0.2) is 12.2 Å². The molecule has 1 rings (SSSR count). The summed E-state index contributed by atoms with van der Waals surface area (Å²) in [5, 5.41) is 0. The van der Waals surface area contributed by atoms with Crippen molar-refractivity contribution in [2.45, 2.75) is 25.8 Å². The Morgan fingerprint density at radius 2 is 2.45 bits per heavy atom. The molecule has 1 heterocycles. The van der Waals surface area contributed by atoms with Gasteiger partial charge in [-0.25, -0.2) is 0 Å². The summed E-state index contributed by atoms with van der Waals surface area (Å²) < 4.78 is 0. The van der Waals surface area contributed by atoms with Gasteiger partial charge in [0, 0.05) is 19.1 Å². The lowest BCUT2D eigenvalue weighted by molar-refractivity contribution is 0.291. The van der Waals surface area contributed by atoms with Gasteiger partial charge in [0.05, 0.1) is 0 Å². The fourth-order valence-electron chi connectivity index (χ4n) is 1.58. The molecule has 0 aliphatic carbocycles. The molecule has 0 aromatic carbocycles. The first-order valence-electron chi connectivity index (χ1n) is 4.35. The molecule has 2 heteroatoms. The molecule has 0 spiro atoms. The first kappa shape index (κ1) is 8.75. The lowest BCUT2D eigenvalue weighted by Crippen LogP contribution is -2.30. The second-order valence-corrected chi connectivity index (χ2v) is 3.42. The Hall–Kier alpha value is -0.340. The van der Waals surface area contributed by atoms with Gasteiger partial charge in [0.15, 0.2) is 0 Å². The maximum absolute atomic E-state index is 5.47. The summed E-state index contributed by atoms with van der Waals surface area (Å²) in [4.78, 5) is 2.45. The van der Waals surface area contributed by atoms with Crippen LogP contribution in [0.4, 0.5) is 0 Å². The Bertz CT molecular complexity index is 142. The van der Waals surface area contributed by atoms with E-state index >= 15 is 0 Å². The molecular weight excluding hydrogens is 136 g/mol. The highest BCUT2D eigenvalue weighted by Gasteiger charge is 2.19. The molecule has 1 saturated heterocycles. The van der Waals surface area contributed by atoms with E-state index in [1.807, 2.05) is 0 Å². The van der Waals surface area contributed by atoms with Crippen LogP contribution in [0, 0.1) is 0 Å². The molecule has 1 aliphatic rings. The third kappa shape index (κ3) is 2.31. The van der Waals surface area contributed by atoms with E-state index in [2.05, 4.69) is 18.4 Å². The van der Waals surface area contributed by atoms with E-state index in [4.69, 9.17) is 5.73 Å². The van der Waals surface area contributed by atoms with Gasteiger partial charge in [-0.2, -0.15) is 0 Å². The van der Waals surface area contributed by atoms with Crippen molar-refractivity contribution in [1.29, 1.82) is 0 Å². The van der Waals surface area contributed by atoms with E-state index < -0.39 is 0 Å². The zero-order chi connectivity index (χ0) is 8.27. The van der Waals surface area contributed by atoms with Crippen LogP contribution in [0.1, 0.15) is 19.8 Å². The van der Waals surface area contributed by atoms with Gasteiger partial charge in [0.25, 0.3) is 0 Å². The Morgan fingerprint density at radius 1 is 1.73 bits per heavy atom. The SMILES string of the molecule is C=C(CN)CN1CCCC1C. The van der Waals surface area contributed by atoms with Crippen molar-refractivity contribution < 1.29 is 0 Å². The minimum atomic E-state index is 0.628. The predicted molar refractivity (Wildman–Crippen MR) is 48.5 cm³/mol. The second kappa shape index (κ2) is 3.88. The molecule has 1 fully saturated rings. The summed E-state index contributed by atoms with van der Waals surface area (Å²) in [6.07, 6.45) is 2.66. The molecule has 0 aromatic rings. The summed E-state index contributed by atoms with van der Waals surface area (Å²) in [7, 11) is 0. The van der Waals surface area contributed by atoms with Crippen molar-refractivity contribution in [2.75, 3.05) is 19.6 Å². The molecule has 64 valence electrons. The highest BCUT2D eigenvalue weighted by Crippen LogP contribution is 2.16. The number of hydrogen-bond donors (Lipinski definition) is 1. The minimum Gasteiger partial charge on any atom is -0.327 e. The minimum absolute atomic E-state index is 0.628. The van der Waals surface area contributed by atoms with Crippen molar-refractivity contribution in [3.05, 3.63) is 12.2 Å². The summed E-state index contributed by atoms with van der Waals surface area (Å²) in [5.41, 5.74) is 6.62. The van der Waals surface area contributed by atoms with Gasteiger partial charge in [-0.15, -0.1) is 0 Å². The average molecular weight is 154 g/mol. The summed E-state index contributed by atoms with van der Waals surface area (Å²) in [6.45, 7) is 9.03. The maximum atomic E-state index is 5.47. The zero-order valence-corrected chi connectivity index (χ0v) is 7.34. The number of likely N-dealkylation sites (tertiary alicyclic amines) is 1. The van der Waals surface area contributed by atoms with Crippen LogP contribution in [0.3, 0.4) is 0 Å². The molecule has 1 unspecified atom stereocenters. The molecule has 2 N–H and O–H groups in total. The number of hydrogen-bond acceptors (Lipinski definition) is 2.